The van der Waals surface area contributed by atoms with Crippen molar-refractivity contribution < 1.29 is 5.11 Å². The Labute approximate surface area is 109 Å². The average Bonchev–Trinajstić information content (AvgIpc) is 3.02. The number of aromatic hydroxyl groups is 1. The van der Waals surface area contributed by atoms with Gasteiger partial charge in [0.1, 0.15) is 5.75 Å². The highest BCUT2D eigenvalue weighted by Crippen LogP contribution is 2.28. The van der Waals surface area contributed by atoms with Crippen molar-refractivity contribution >= 4 is 0 Å². The number of benzene rings is 1. The second-order valence-corrected chi connectivity index (χ2v) is 5.51. The highest BCUT2D eigenvalue weighted by molar-refractivity contribution is 5.31. The summed E-state index contributed by atoms with van der Waals surface area (Å²) in [5.74, 6) is 0.433. The first kappa shape index (κ1) is 12.0. The molecule has 3 nitrogen and oxygen atoms in total. The van der Waals surface area contributed by atoms with Crippen LogP contribution in [0.2, 0.25) is 0 Å². The third-order valence-corrected chi connectivity index (χ3v) is 4.34. The van der Waals surface area contributed by atoms with Gasteiger partial charge in [-0.3, -0.25) is 4.90 Å². The van der Waals surface area contributed by atoms with E-state index in [-0.39, 0.29) is 0 Å². The fourth-order valence-corrected chi connectivity index (χ4v) is 3.41. The third kappa shape index (κ3) is 2.38. The van der Waals surface area contributed by atoms with Crippen molar-refractivity contribution in [1.29, 1.82) is 0 Å². The van der Waals surface area contributed by atoms with Gasteiger partial charge in [-0.15, -0.1) is 0 Å². The van der Waals surface area contributed by atoms with Gasteiger partial charge < -0.3 is 10.4 Å². The number of rotatable bonds is 3. The number of likely N-dealkylation sites (tertiary alicyclic amines) is 1. The van der Waals surface area contributed by atoms with E-state index in [9.17, 15) is 5.11 Å². The molecule has 0 saturated carbocycles. The molecule has 3 rings (SSSR count). The van der Waals surface area contributed by atoms with Gasteiger partial charge in [0.2, 0.25) is 0 Å². The molecular weight excluding hydrogens is 224 g/mol. The SMILES string of the molecule is Oc1ccccc1CN1CCCC1C1CCCN1. The minimum atomic E-state index is 0.433. The van der Waals surface area contributed by atoms with E-state index in [0.29, 0.717) is 17.8 Å². The van der Waals surface area contributed by atoms with E-state index >= 15 is 0 Å². The lowest BCUT2D eigenvalue weighted by Crippen LogP contribution is -2.43. The van der Waals surface area contributed by atoms with Crippen molar-refractivity contribution in [2.24, 2.45) is 0 Å². The maximum Gasteiger partial charge on any atom is 0.120 e. The largest absolute Gasteiger partial charge is 0.508 e. The molecule has 1 aromatic carbocycles. The van der Waals surface area contributed by atoms with Crippen LogP contribution in [0.25, 0.3) is 0 Å². The molecule has 0 spiro atoms. The zero-order valence-corrected chi connectivity index (χ0v) is 10.8. The van der Waals surface area contributed by atoms with Crippen LogP contribution in [0, 0.1) is 0 Å². The average molecular weight is 246 g/mol. The number of phenolic OH excluding ortho intramolecular Hbond substituents is 1. The summed E-state index contributed by atoms with van der Waals surface area (Å²) in [6.45, 7) is 3.22. The van der Waals surface area contributed by atoms with Crippen molar-refractivity contribution in [2.75, 3.05) is 13.1 Å². The fourth-order valence-electron chi connectivity index (χ4n) is 3.41. The van der Waals surface area contributed by atoms with Crippen molar-refractivity contribution in [3.05, 3.63) is 29.8 Å². The van der Waals surface area contributed by atoms with E-state index in [1.54, 1.807) is 6.07 Å². The van der Waals surface area contributed by atoms with Gasteiger partial charge in [0.15, 0.2) is 0 Å². The van der Waals surface area contributed by atoms with Crippen molar-refractivity contribution in [3.8, 4) is 5.75 Å². The Hall–Kier alpha value is -1.06. The van der Waals surface area contributed by atoms with Crippen molar-refractivity contribution in [1.82, 2.24) is 10.2 Å². The van der Waals surface area contributed by atoms with Gasteiger partial charge >= 0.3 is 0 Å². The topological polar surface area (TPSA) is 35.5 Å². The first-order valence-electron chi connectivity index (χ1n) is 7.09. The Morgan fingerprint density at radius 3 is 2.89 bits per heavy atom. The molecular formula is C15H22N2O. The molecule has 2 saturated heterocycles. The second-order valence-electron chi connectivity index (χ2n) is 5.51. The fraction of sp³-hybridized carbons (Fsp3) is 0.600. The molecule has 0 amide bonds. The normalized spacial score (nSPS) is 28.9. The third-order valence-electron chi connectivity index (χ3n) is 4.34. The molecule has 3 heteroatoms. The van der Waals surface area contributed by atoms with Gasteiger partial charge in [0.25, 0.3) is 0 Å². The summed E-state index contributed by atoms with van der Waals surface area (Å²) >= 11 is 0. The van der Waals surface area contributed by atoms with Crippen LogP contribution in [0.4, 0.5) is 0 Å². The molecule has 0 bridgehead atoms. The Morgan fingerprint density at radius 2 is 2.11 bits per heavy atom. The second kappa shape index (κ2) is 5.29. The molecule has 98 valence electrons. The van der Waals surface area contributed by atoms with Crippen molar-refractivity contribution in [3.63, 3.8) is 0 Å². The van der Waals surface area contributed by atoms with Gasteiger partial charge in [0, 0.05) is 24.2 Å². The molecule has 0 radical (unpaired) electrons. The van der Waals surface area contributed by atoms with Crippen LogP contribution >= 0.6 is 0 Å². The zero-order valence-electron chi connectivity index (χ0n) is 10.8. The van der Waals surface area contributed by atoms with Gasteiger partial charge in [-0.1, -0.05) is 18.2 Å². The smallest absolute Gasteiger partial charge is 0.120 e. The first-order chi connectivity index (χ1) is 8.84. The first-order valence-corrected chi connectivity index (χ1v) is 7.09. The summed E-state index contributed by atoms with van der Waals surface area (Å²) in [4.78, 5) is 2.54. The van der Waals surface area contributed by atoms with Crippen LogP contribution in [0.3, 0.4) is 0 Å². The standard InChI is InChI=1S/C15H22N2O/c18-15-8-2-1-5-12(15)11-17-10-4-7-14(17)13-6-3-9-16-13/h1-2,5,8,13-14,16,18H,3-4,6-7,9-11H2. The highest BCUT2D eigenvalue weighted by Gasteiger charge is 2.33. The summed E-state index contributed by atoms with van der Waals surface area (Å²) in [5, 5.41) is 13.5. The minimum Gasteiger partial charge on any atom is -0.508 e. The number of phenols is 1. The summed E-state index contributed by atoms with van der Waals surface area (Å²) in [5.41, 5.74) is 1.06. The predicted molar refractivity (Wildman–Crippen MR) is 72.6 cm³/mol. The number of hydrogen-bond acceptors (Lipinski definition) is 3. The molecule has 0 aromatic heterocycles. The lowest BCUT2D eigenvalue weighted by atomic mass is 10.0. The lowest BCUT2D eigenvalue weighted by Gasteiger charge is -2.29. The van der Waals surface area contributed by atoms with Gasteiger partial charge in [0.05, 0.1) is 0 Å². The van der Waals surface area contributed by atoms with E-state index in [2.05, 4.69) is 10.2 Å². The molecule has 2 fully saturated rings. The van der Waals surface area contributed by atoms with Crippen LogP contribution in [0.15, 0.2) is 24.3 Å². The summed E-state index contributed by atoms with van der Waals surface area (Å²) in [6, 6.07) is 9.04. The van der Waals surface area contributed by atoms with Crippen LogP contribution in [0.5, 0.6) is 5.75 Å². The monoisotopic (exact) mass is 246 g/mol. The summed E-state index contributed by atoms with van der Waals surface area (Å²) in [6.07, 6.45) is 5.20. The molecule has 2 aliphatic rings. The number of nitrogens with one attached hydrogen (secondary N) is 1. The van der Waals surface area contributed by atoms with E-state index in [1.165, 1.54) is 32.2 Å². The van der Waals surface area contributed by atoms with Crippen LogP contribution < -0.4 is 5.32 Å². The Balaban J connectivity index is 1.69. The minimum absolute atomic E-state index is 0.433. The van der Waals surface area contributed by atoms with Crippen LogP contribution in [0.1, 0.15) is 31.2 Å². The van der Waals surface area contributed by atoms with Crippen LogP contribution in [-0.2, 0) is 6.54 Å². The molecule has 0 aliphatic carbocycles. The molecule has 2 aliphatic heterocycles. The zero-order chi connectivity index (χ0) is 12.4. The van der Waals surface area contributed by atoms with Crippen LogP contribution in [-0.4, -0.2) is 35.2 Å². The molecule has 2 heterocycles. The molecule has 18 heavy (non-hydrogen) atoms. The number of nitrogens with zero attached hydrogens (tertiary/aromatic N) is 1. The molecule has 1 aromatic rings. The Morgan fingerprint density at radius 1 is 1.22 bits per heavy atom. The molecule has 2 N–H and O–H groups in total. The number of para-hydroxylation sites is 1. The van der Waals surface area contributed by atoms with Crippen molar-refractivity contribution in [2.45, 2.75) is 44.3 Å². The lowest BCUT2D eigenvalue weighted by molar-refractivity contribution is 0.204. The molecule has 2 atom stereocenters. The summed E-state index contributed by atoms with van der Waals surface area (Å²) < 4.78 is 0. The Kier molecular flexibility index (Phi) is 3.52. The molecule has 2 unspecified atom stereocenters. The van der Waals surface area contributed by atoms with E-state index in [0.717, 1.165) is 18.7 Å². The van der Waals surface area contributed by atoms with Gasteiger partial charge in [-0.2, -0.15) is 0 Å². The van der Waals surface area contributed by atoms with E-state index in [1.807, 2.05) is 18.2 Å². The van der Waals surface area contributed by atoms with Gasteiger partial charge in [-0.25, -0.2) is 0 Å². The maximum atomic E-state index is 9.88. The van der Waals surface area contributed by atoms with E-state index in [4.69, 9.17) is 0 Å². The Bertz CT molecular complexity index is 401. The quantitative estimate of drug-likeness (QED) is 0.857. The predicted octanol–water partition coefficient (Wildman–Crippen LogP) is 2.11. The highest BCUT2D eigenvalue weighted by atomic mass is 16.3. The summed E-state index contributed by atoms with van der Waals surface area (Å²) in [7, 11) is 0. The maximum absolute atomic E-state index is 9.88. The van der Waals surface area contributed by atoms with E-state index < -0.39 is 0 Å². The van der Waals surface area contributed by atoms with Gasteiger partial charge in [-0.05, 0) is 44.8 Å². The number of hydrogen-bond donors (Lipinski definition) is 2.